The van der Waals surface area contributed by atoms with Crippen molar-refractivity contribution < 1.29 is 14.6 Å². The van der Waals surface area contributed by atoms with E-state index >= 15 is 0 Å². The monoisotopic (exact) mass is 289 g/mol. The number of ether oxygens (including phenoxy) is 1. The van der Waals surface area contributed by atoms with Crippen LogP contribution in [0.25, 0.3) is 10.9 Å². The van der Waals surface area contributed by atoms with E-state index < -0.39 is 0 Å². The van der Waals surface area contributed by atoms with Crippen LogP contribution in [-0.4, -0.2) is 23.2 Å². The summed E-state index contributed by atoms with van der Waals surface area (Å²) in [5, 5.41) is 18.2. The Labute approximate surface area is 123 Å². The normalized spacial score (nSPS) is 11.3. The van der Waals surface area contributed by atoms with Gasteiger partial charge in [-0.3, -0.25) is 4.79 Å². The smallest absolute Gasteiger partial charge is 0.252 e. The zero-order chi connectivity index (χ0) is 15.2. The third kappa shape index (κ3) is 3.04. The summed E-state index contributed by atoms with van der Waals surface area (Å²) in [6.07, 6.45) is 3.48. The molecule has 6 nitrogen and oxygen atoms in total. The van der Waals surface area contributed by atoms with E-state index in [1.807, 2.05) is 12.1 Å². The number of nitrogens with zero attached hydrogens (tertiary/aromatic N) is 3. The minimum Gasteiger partial charge on any atom is -0.497 e. The Hall–Kier alpha value is -2.37. The Balaban J connectivity index is 2.54. The number of hydrogen-bond donors (Lipinski definition) is 1. The van der Waals surface area contributed by atoms with Gasteiger partial charge >= 0.3 is 0 Å². The fourth-order valence-electron chi connectivity index (χ4n) is 2.35. The van der Waals surface area contributed by atoms with E-state index in [2.05, 4.69) is 17.2 Å². The van der Waals surface area contributed by atoms with Gasteiger partial charge in [-0.05, 0) is 18.6 Å². The number of fused-ring (bicyclic) bond motifs is 1. The highest BCUT2D eigenvalue weighted by atomic mass is 16.5. The lowest BCUT2D eigenvalue weighted by Crippen LogP contribution is -1.97. The lowest BCUT2D eigenvalue weighted by molar-refractivity contribution is -0.107. The second-order valence-corrected chi connectivity index (χ2v) is 4.73. The number of amides is 1. The van der Waals surface area contributed by atoms with Crippen LogP contribution in [0.15, 0.2) is 28.4 Å². The molecule has 0 fully saturated rings. The molecule has 112 valence electrons. The number of unbranched alkanes of at least 4 members (excludes halogenated alkanes) is 2. The summed E-state index contributed by atoms with van der Waals surface area (Å²) in [7, 11) is 1.60. The van der Waals surface area contributed by atoms with Crippen molar-refractivity contribution in [3.63, 3.8) is 0 Å². The highest BCUT2D eigenvalue weighted by molar-refractivity contribution is 5.95. The molecule has 0 bridgehead atoms. The SMILES string of the molecule is CCCCCn1c(O)c(N=NC=O)c2ccc(OC)cc21. The van der Waals surface area contributed by atoms with Crippen LogP contribution in [0, 0.1) is 0 Å². The molecule has 1 amide bonds. The number of aromatic hydroxyl groups is 1. The van der Waals surface area contributed by atoms with Crippen LogP contribution in [0.5, 0.6) is 11.6 Å². The highest BCUT2D eigenvalue weighted by Crippen LogP contribution is 2.40. The van der Waals surface area contributed by atoms with Crippen molar-refractivity contribution in [3.8, 4) is 11.6 Å². The molecule has 21 heavy (non-hydrogen) atoms. The summed E-state index contributed by atoms with van der Waals surface area (Å²) in [6, 6.07) is 5.45. The summed E-state index contributed by atoms with van der Waals surface area (Å²) in [5.74, 6) is 0.732. The van der Waals surface area contributed by atoms with Crippen molar-refractivity contribution in [2.24, 2.45) is 10.2 Å². The molecule has 0 spiro atoms. The van der Waals surface area contributed by atoms with Crippen molar-refractivity contribution in [2.75, 3.05) is 7.11 Å². The maximum atomic E-state index is 10.4. The molecule has 1 aromatic carbocycles. The molecule has 2 aromatic rings. The molecule has 0 atom stereocenters. The molecule has 0 saturated heterocycles. The van der Waals surface area contributed by atoms with E-state index in [4.69, 9.17) is 4.74 Å². The molecule has 1 heterocycles. The molecular weight excluding hydrogens is 270 g/mol. The van der Waals surface area contributed by atoms with E-state index in [0.717, 1.165) is 30.2 Å². The van der Waals surface area contributed by atoms with Gasteiger partial charge in [0.05, 0.1) is 12.6 Å². The van der Waals surface area contributed by atoms with E-state index in [1.54, 1.807) is 17.7 Å². The fraction of sp³-hybridized carbons (Fsp3) is 0.400. The van der Waals surface area contributed by atoms with Gasteiger partial charge in [-0.2, -0.15) is 0 Å². The Bertz CT molecular complexity index is 662. The highest BCUT2D eigenvalue weighted by Gasteiger charge is 2.17. The molecule has 1 N–H and O–H groups in total. The molecule has 0 aliphatic rings. The number of aromatic nitrogens is 1. The van der Waals surface area contributed by atoms with Crippen LogP contribution in [0.2, 0.25) is 0 Å². The predicted octanol–water partition coefficient (Wildman–Crippen LogP) is 3.79. The quantitative estimate of drug-likeness (QED) is 0.478. The zero-order valence-electron chi connectivity index (χ0n) is 12.2. The minimum atomic E-state index is 0.0277. The number of hydrogen-bond acceptors (Lipinski definition) is 4. The number of carbonyl (C=O) groups is 1. The first-order valence-corrected chi connectivity index (χ1v) is 6.96. The van der Waals surface area contributed by atoms with Gasteiger partial charge in [-0.1, -0.05) is 19.8 Å². The number of benzene rings is 1. The average Bonchev–Trinajstić information content (AvgIpc) is 2.77. The maximum Gasteiger partial charge on any atom is 0.252 e. The summed E-state index contributed by atoms with van der Waals surface area (Å²) < 4.78 is 7.01. The van der Waals surface area contributed by atoms with Crippen LogP contribution in [0.3, 0.4) is 0 Å². The van der Waals surface area contributed by atoms with Gasteiger partial charge in [0, 0.05) is 18.0 Å². The Morgan fingerprint density at radius 3 is 2.86 bits per heavy atom. The van der Waals surface area contributed by atoms with Crippen molar-refractivity contribution in [2.45, 2.75) is 32.7 Å². The van der Waals surface area contributed by atoms with E-state index in [9.17, 15) is 9.90 Å². The van der Waals surface area contributed by atoms with Crippen LogP contribution in [0.4, 0.5) is 5.69 Å². The fourth-order valence-corrected chi connectivity index (χ4v) is 2.35. The molecule has 1 aromatic heterocycles. The van der Waals surface area contributed by atoms with Crippen molar-refractivity contribution in [1.82, 2.24) is 4.57 Å². The zero-order valence-corrected chi connectivity index (χ0v) is 12.2. The molecule has 2 rings (SSSR count). The standard InChI is InChI=1S/C15H19N3O3/c1-3-4-5-8-18-13-9-11(21-2)6-7-12(13)14(15(18)20)17-16-10-19/h6-7,9-10,20H,3-5,8H2,1-2H3. The largest absolute Gasteiger partial charge is 0.497 e. The van der Waals surface area contributed by atoms with Gasteiger partial charge in [0.15, 0.2) is 5.69 Å². The number of aryl methyl sites for hydroxylation is 1. The maximum absolute atomic E-state index is 10.4. The summed E-state index contributed by atoms with van der Waals surface area (Å²) in [4.78, 5) is 10.4. The lowest BCUT2D eigenvalue weighted by atomic mass is 10.2. The van der Waals surface area contributed by atoms with Crippen molar-refractivity contribution in [1.29, 1.82) is 0 Å². The van der Waals surface area contributed by atoms with Crippen molar-refractivity contribution in [3.05, 3.63) is 18.2 Å². The van der Waals surface area contributed by atoms with Gasteiger partial charge in [0.1, 0.15) is 5.75 Å². The van der Waals surface area contributed by atoms with E-state index in [-0.39, 0.29) is 5.88 Å². The van der Waals surface area contributed by atoms with Crippen LogP contribution < -0.4 is 4.74 Å². The van der Waals surface area contributed by atoms with Crippen LogP contribution in [0.1, 0.15) is 26.2 Å². The molecule has 0 aliphatic carbocycles. The van der Waals surface area contributed by atoms with Gasteiger partial charge < -0.3 is 14.4 Å². The summed E-state index contributed by atoms with van der Waals surface area (Å²) >= 11 is 0. The first kappa shape index (κ1) is 15.0. The second kappa shape index (κ2) is 6.88. The number of methoxy groups -OCH3 is 1. The van der Waals surface area contributed by atoms with Crippen molar-refractivity contribution >= 4 is 23.0 Å². The Morgan fingerprint density at radius 1 is 1.38 bits per heavy atom. The Kier molecular flexibility index (Phi) is 4.92. The molecule has 0 aliphatic heterocycles. The van der Waals surface area contributed by atoms with Crippen LogP contribution >= 0.6 is 0 Å². The predicted molar refractivity (Wildman–Crippen MR) is 80.3 cm³/mol. The van der Waals surface area contributed by atoms with Crippen LogP contribution in [-0.2, 0) is 11.3 Å². The third-order valence-electron chi connectivity index (χ3n) is 3.41. The Morgan fingerprint density at radius 2 is 2.19 bits per heavy atom. The summed E-state index contributed by atoms with van der Waals surface area (Å²) in [6.45, 7) is 2.81. The van der Waals surface area contributed by atoms with Gasteiger partial charge in [0.25, 0.3) is 6.41 Å². The molecular formula is C15H19N3O3. The van der Waals surface area contributed by atoms with Gasteiger partial charge in [-0.25, -0.2) is 0 Å². The second-order valence-electron chi connectivity index (χ2n) is 4.73. The number of azo groups is 1. The minimum absolute atomic E-state index is 0.0277. The van der Waals surface area contributed by atoms with E-state index in [0.29, 0.717) is 24.4 Å². The molecule has 0 saturated carbocycles. The number of carbonyl (C=O) groups excluding carboxylic acids is 1. The number of rotatable bonds is 7. The lowest BCUT2D eigenvalue weighted by Gasteiger charge is -2.07. The topological polar surface area (TPSA) is 76.2 Å². The van der Waals surface area contributed by atoms with Gasteiger partial charge in [0.2, 0.25) is 5.88 Å². The van der Waals surface area contributed by atoms with Gasteiger partial charge in [-0.15, -0.1) is 10.2 Å². The summed E-state index contributed by atoms with van der Waals surface area (Å²) in [5.41, 5.74) is 1.14. The van der Waals surface area contributed by atoms with E-state index in [1.165, 1.54) is 0 Å². The molecule has 0 unspecified atom stereocenters. The first-order chi connectivity index (χ1) is 10.2. The third-order valence-corrected chi connectivity index (χ3v) is 3.41. The first-order valence-electron chi connectivity index (χ1n) is 6.96. The molecule has 6 heteroatoms. The average molecular weight is 289 g/mol. The molecule has 0 radical (unpaired) electrons.